The maximum absolute atomic E-state index is 13.2. The van der Waals surface area contributed by atoms with E-state index in [0.717, 1.165) is 31.7 Å². The maximum Gasteiger partial charge on any atom is 0.324 e. The summed E-state index contributed by atoms with van der Waals surface area (Å²) in [6.07, 6.45) is 5.95. The Hall–Kier alpha value is -3.14. The number of hydrogen-bond acceptors (Lipinski definition) is 7. The fourth-order valence-electron chi connectivity index (χ4n) is 4.73. The van der Waals surface area contributed by atoms with E-state index in [1.54, 1.807) is 17.9 Å². The number of halogens is 2. The second-order valence-electron chi connectivity index (χ2n) is 8.14. The Kier molecular flexibility index (Phi) is 4.62. The van der Waals surface area contributed by atoms with Gasteiger partial charge in [0.2, 0.25) is 11.8 Å². The molecule has 31 heavy (non-hydrogen) atoms. The molecular formula is C20H19ClFN7O2. The minimum atomic E-state index is -0.608. The van der Waals surface area contributed by atoms with Gasteiger partial charge >= 0.3 is 6.03 Å². The van der Waals surface area contributed by atoms with Gasteiger partial charge in [-0.3, -0.25) is 5.32 Å². The molecular weight excluding hydrogens is 425 g/mol. The second-order valence-corrected chi connectivity index (χ2v) is 8.54. The van der Waals surface area contributed by atoms with Crippen LogP contribution in [0.15, 0.2) is 29.1 Å². The monoisotopic (exact) mass is 443 g/mol. The minimum absolute atomic E-state index is 0.0863. The van der Waals surface area contributed by atoms with Gasteiger partial charge in [-0.1, -0.05) is 18.5 Å². The first kappa shape index (κ1) is 19.8. The molecule has 160 valence electrons. The van der Waals surface area contributed by atoms with Gasteiger partial charge in [-0.25, -0.2) is 24.1 Å². The highest BCUT2D eigenvalue weighted by atomic mass is 35.5. The average Bonchev–Trinajstić information content (AvgIpc) is 3.16. The third kappa shape index (κ3) is 3.31. The summed E-state index contributed by atoms with van der Waals surface area (Å²) in [4.78, 5) is 27.1. The zero-order chi connectivity index (χ0) is 21.8. The molecule has 0 aromatic carbocycles. The number of piperidine rings is 1. The number of aryl methyl sites for hydroxylation is 1. The van der Waals surface area contributed by atoms with Gasteiger partial charge in [0.1, 0.15) is 11.4 Å². The van der Waals surface area contributed by atoms with Gasteiger partial charge in [0, 0.05) is 31.1 Å². The lowest BCUT2D eigenvalue weighted by molar-refractivity contribution is -0.110. The van der Waals surface area contributed by atoms with E-state index >= 15 is 0 Å². The molecule has 4 heterocycles. The van der Waals surface area contributed by atoms with Crippen molar-refractivity contribution in [3.05, 3.63) is 47.3 Å². The number of hydrogen-bond donors (Lipinski definition) is 1. The largest absolute Gasteiger partial charge is 0.423 e. The molecule has 9 nitrogen and oxygen atoms in total. The van der Waals surface area contributed by atoms with Crippen molar-refractivity contribution in [1.82, 2.24) is 30.0 Å². The van der Waals surface area contributed by atoms with Gasteiger partial charge in [-0.15, -0.1) is 10.2 Å². The Labute approximate surface area is 182 Å². The first-order valence-corrected chi connectivity index (χ1v) is 10.3. The van der Waals surface area contributed by atoms with Crippen molar-refractivity contribution < 1.29 is 13.6 Å². The number of likely N-dealkylation sites (tertiary alicyclic amines) is 1. The molecule has 1 saturated heterocycles. The van der Waals surface area contributed by atoms with Crippen LogP contribution in [0.4, 0.5) is 15.0 Å². The number of carbonyl (C=O) groups excluding carboxylic acids is 1. The van der Waals surface area contributed by atoms with Crippen LogP contribution in [0.1, 0.15) is 38.0 Å². The molecule has 1 saturated carbocycles. The summed E-state index contributed by atoms with van der Waals surface area (Å²) in [6.45, 7) is 3.89. The van der Waals surface area contributed by atoms with Crippen LogP contribution in [0.5, 0.6) is 0 Å². The topological polar surface area (TPSA) is 110 Å². The summed E-state index contributed by atoms with van der Waals surface area (Å²) in [5.74, 6) is 1.33. The molecule has 2 bridgehead atoms. The molecule has 0 radical (unpaired) electrons. The van der Waals surface area contributed by atoms with Crippen molar-refractivity contribution in [2.45, 2.75) is 44.7 Å². The van der Waals surface area contributed by atoms with Crippen molar-refractivity contribution in [2.75, 3.05) is 5.32 Å². The molecule has 2 amide bonds. The van der Waals surface area contributed by atoms with Crippen molar-refractivity contribution in [3.8, 4) is 11.4 Å². The van der Waals surface area contributed by atoms with E-state index < -0.39 is 11.4 Å². The highest BCUT2D eigenvalue weighted by molar-refractivity contribution is 6.33. The van der Waals surface area contributed by atoms with Crippen LogP contribution >= 0.6 is 11.6 Å². The highest BCUT2D eigenvalue weighted by Gasteiger charge is 2.62. The summed E-state index contributed by atoms with van der Waals surface area (Å²) in [5.41, 5.74) is -0.171. The normalized spacial score (nSPS) is 24.6. The molecule has 0 unspecified atom stereocenters. The molecule has 1 aliphatic carbocycles. The molecule has 5 rings (SSSR count). The Morgan fingerprint density at radius 3 is 2.74 bits per heavy atom. The number of anilines is 1. The Balaban J connectivity index is 1.42. The summed E-state index contributed by atoms with van der Waals surface area (Å²) < 4.78 is 18.9. The van der Waals surface area contributed by atoms with Crippen LogP contribution in [0.3, 0.4) is 0 Å². The van der Waals surface area contributed by atoms with Gasteiger partial charge in [-0.05, 0) is 24.8 Å². The maximum atomic E-state index is 13.2. The van der Waals surface area contributed by atoms with Gasteiger partial charge in [0.25, 0.3) is 0 Å². The molecule has 3 atom stereocenters. The number of pyridine rings is 1. The van der Waals surface area contributed by atoms with Crippen LogP contribution in [0, 0.1) is 18.7 Å². The Morgan fingerprint density at radius 2 is 2.03 bits per heavy atom. The van der Waals surface area contributed by atoms with E-state index in [4.69, 9.17) is 16.0 Å². The quantitative estimate of drug-likeness (QED) is 0.652. The number of nitrogens with one attached hydrogen (secondary N) is 1. The zero-order valence-electron chi connectivity index (χ0n) is 16.8. The zero-order valence-corrected chi connectivity index (χ0v) is 17.6. The molecule has 2 fully saturated rings. The standard InChI is InChI=1S/C20H19ClFN7O2/c1-10-3-13-6-20(5-10,18-28-27-11(2)31-18)29(13)19(30)26-16-4-14(15(21)9-23-16)17-24-7-12(22)8-25-17/h4,7-10,13H,3,5-6H2,1-2H3,(H,23,26,30)/t10-,13+,20-/m0/s1. The molecule has 0 spiro atoms. The van der Waals surface area contributed by atoms with Crippen LogP contribution in [-0.4, -0.2) is 42.1 Å². The van der Waals surface area contributed by atoms with Gasteiger partial charge < -0.3 is 9.32 Å². The Bertz CT molecular complexity index is 1150. The van der Waals surface area contributed by atoms with E-state index in [0.29, 0.717) is 23.3 Å². The molecule has 2 aliphatic rings. The molecule has 3 aromatic heterocycles. The smallest absolute Gasteiger partial charge is 0.324 e. The van der Waals surface area contributed by atoms with Crippen molar-refractivity contribution in [2.24, 2.45) is 5.92 Å². The summed E-state index contributed by atoms with van der Waals surface area (Å²) in [5, 5.41) is 11.3. The number of fused-ring (bicyclic) bond motifs is 2. The average molecular weight is 444 g/mol. The first-order valence-electron chi connectivity index (χ1n) is 9.90. The summed E-state index contributed by atoms with van der Waals surface area (Å²) in [6, 6.07) is 1.35. The van der Waals surface area contributed by atoms with Crippen molar-refractivity contribution in [1.29, 1.82) is 0 Å². The SMILES string of the molecule is Cc1nnc([C@]23C[C@@H](C)C[C@H](C2)N3C(=O)Nc2cc(-c3ncc(F)cn3)c(Cl)cn2)o1. The van der Waals surface area contributed by atoms with Gasteiger partial charge in [-0.2, -0.15) is 0 Å². The fourth-order valence-corrected chi connectivity index (χ4v) is 4.92. The lowest BCUT2D eigenvalue weighted by atomic mass is 9.64. The van der Waals surface area contributed by atoms with E-state index in [1.165, 1.54) is 6.20 Å². The minimum Gasteiger partial charge on any atom is -0.423 e. The van der Waals surface area contributed by atoms with E-state index in [2.05, 4.69) is 37.4 Å². The van der Waals surface area contributed by atoms with Crippen LogP contribution in [0.2, 0.25) is 5.02 Å². The lowest BCUT2D eigenvalue weighted by Crippen LogP contribution is -2.70. The van der Waals surface area contributed by atoms with Crippen LogP contribution in [0.25, 0.3) is 11.4 Å². The van der Waals surface area contributed by atoms with Crippen molar-refractivity contribution >= 4 is 23.4 Å². The number of urea groups is 1. The van der Waals surface area contributed by atoms with E-state index in [-0.39, 0.29) is 28.7 Å². The number of rotatable bonds is 3. The fraction of sp³-hybridized carbons (Fsp3) is 0.400. The number of amides is 2. The van der Waals surface area contributed by atoms with Crippen molar-refractivity contribution in [3.63, 3.8) is 0 Å². The molecule has 11 heteroatoms. The number of nitrogens with zero attached hydrogens (tertiary/aromatic N) is 6. The predicted octanol–water partition coefficient (Wildman–Crippen LogP) is 3.95. The Morgan fingerprint density at radius 1 is 1.26 bits per heavy atom. The molecule has 3 aromatic rings. The lowest BCUT2D eigenvalue weighted by Gasteiger charge is -2.61. The molecule has 1 N–H and O–H groups in total. The summed E-state index contributed by atoms with van der Waals surface area (Å²) in [7, 11) is 0. The predicted molar refractivity (Wildman–Crippen MR) is 109 cm³/mol. The first-order chi connectivity index (χ1) is 14.9. The highest BCUT2D eigenvalue weighted by Crippen LogP contribution is 2.55. The van der Waals surface area contributed by atoms with E-state index in [1.807, 2.05) is 0 Å². The van der Waals surface area contributed by atoms with Gasteiger partial charge in [0.15, 0.2) is 11.6 Å². The second kappa shape index (κ2) is 7.23. The van der Waals surface area contributed by atoms with E-state index in [9.17, 15) is 9.18 Å². The number of carbonyl (C=O) groups is 1. The molecule has 1 aliphatic heterocycles. The van der Waals surface area contributed by atoms with Gasteiger partial charge in [0.05, 0.1) is 17.4 Å². The number of aromatic nitrogens is 5. The third-order valence-corrected chi connectivity index (χ3v) is 6.16. The third-order valence-electron chi connectivity index (χ3n) is 5.85. The summed E-state index contributed by atoms with van der Waals surface area (Å²) >= 11 is 6.22. The van der Waals surface area contributed by atoms with Crippen LogP contribution < -0.4 is 5.32 Å². The van der Waals surface area contributed by atoms with Crippen LogP contribution in [-0.2, 0) is 5.54 Å².